The zero-order chi connectivity index (χ0) is 23.1. The molecule has 0 fully saturated rings. The van der Waals surface area contributed by atoms with Crippen LogP contribution in [0.2, 0.25) is 0 Å². The van der Waals surface area contributed by atoms with Crippen molar-refractivity contribution in [3.8, 4) is 23.3 Å². The SMILES string of the molecule is CC(C)(C)NS(=O)(=O)c1ccc(-c2c(C#N)c3cc(F)cnc3n2-c2cnccn2)nc1. The van der Waals surface area contributed by atoms with Crippen molar-refractivity contribution in [1.82, 2.24) is 29.2 Å². The van der Waals surface area contributed by atoms with Crippen molar-refractivity contribution in [2.45, 2.75) is 31.2 Å². The van der Waals surface area contributed by atoms with E-state index in [1.165, 1.54) is 43.0 Å². The van der Waals surface area contributed by atoms with Crippen molar-refractivity contribution in [3.63, 3.8) is 0 Å². The van der Waals surface area contributed by atoms with Gasteiger partial charge in [-0.05, 0) is 39.0 Å². The van der Waals surface area contributed by atoms with Gasteiger partial charge in [0.25, 0.3) is 0 Å². The molecule has 0 aliphatic carbocycles. The molecule has 0 aromatic carbocycles. The maximum Gasteiger partial charge on any atom is 0.242 e. The average Bonchev–Trinajstić information content (AvgIpc) is 3.06. The van der Waals surface area contributed by atoms with Gasteiger partial charge in [0.05, 0.1) is 29.3 Å². The summed E-state index contributed by atoms with van der Waals surface area (Å²) in [6.45, 7) is 5.20. The molecule has 0 saturated carbocycles. The van der Waals surface area contributed by atoms with E-state index in [0.29, 0.717) is 22.9 Å². The second-order valence-electron chi connectivity index (χ2n) is 7.99. The molecule has 11 heteroatoms. The van der Waals surface area contributed by atoms with Gasteiger partial charge < -0.3 is 0 Å². The number of fused-ring (bicyclic) bond motifs is 1. The van der Waals surface area contributed by atoms with E-state index in [-0.39, 0.29) is 15.8 Å². The van der Waals surface area contributed by atoms with E-state index >= 15 is 0 Å². The van der Waals surface area contributed by atoms with E-state index in [1.807, 2.05) is 0 Å². The standard InChI is InChI=1S/C21H18FN7O2S/c1-21(2,3)28-32(30,31)14-4-5-17(26-11-14)19-16(9-23)15-8-13(22)10-27-20(15)29(19)18-12-24-6-7-25-18/h4-8,10-12,28H,1-3H3. The fourth-order valence-corrected chi connectivity index (χ4v) is 4.63. The lowest BCUT2D eigenvalue weighted by atomic mass is 10.1. The monoisotopic (exact) mass is 451 g/mol. The first-order valence-electron chi connectivity index (χ1n) is 9.47. The molecule has 32 heavy (non-hydrogen) atoms. The fourth-order valence-electron chi connectivity index (χ4n) is 3.27. The average molecular weight is 451 g/mol. The highest BCUT2D eigenvalue weighted by Gasteiger charge is 2.25. The number of nitriles is 1. The zero-order valence-electron chi connectivity index (χ0n) is 17.4. The van der Waals surface area contributed by atoms with Crippen LogP contribution in [0, 0.1) is 17.1 Å². The lowest BCUT2D eigenvalue weighted by molar-refractivity contribution is 0.491. The lowest BCUT2D eigenvalue weighted by Crippen LogP contribution is -2.40. The lowest BCUT2D eigenvalue weighted by Gasteiger charge is -2.20. The molecule has 0 atom stereocenters. The number of nitrogens with one attached hydrogen (secondary N) is 1. The molecule has 162 valence electrons. The second kappa shape index (κ2) is 7.74. The number of pyridine rings is 2. The quantitative estimate of drug-likeness (QED) is 0.505. The highest BCUT2D eigenvalue weighted by molar-refractivity contribution is 7.89. The van der Waals surface area contributed by atoms with E-state index in [9.17, 15) is 18.1 Å². The largest absolute Gasteiger partial charge is 0.274 e. The van der Waals surface area contributed by atoms with Crippen LogP contribution in [0.3, 0.4) is 0 Å². The van der Waals surface area contributed by atoms with Crippen molar-refractivity contribution < 1.29 is 12.8 Å². The molecule has 1 N–H and O–H groups in total. The number of aromatic nitrogens is 5. The van der Waals surface area contributed by atoms with Crippen LogP contribution in [0.15, 0.2) is 54.1 Å². The predicted molar refractivity (Wildman–Crippen MR) is 115 cm³/mol. The first kappa shape index (κ1) is 21.5. The summed E-state index contributed by atoms with van der Waals surface area (Å²) in [6.07, 6.45) is 6.69. The summed E-state index contributed by atoms with van der Waals surface area (Å²) in [6, 6.07) is 6.17. The van der Waals surface area contributed by atoms with Crippen LogP contribution in [0.1, 0.15) is 26.3 Å². The predicted octanol–water partition coefficient (Wildman–Crippen LogP) is 2.97. The Kier molecular flexibility index (Phi) is 5.20. The van der Waals surface area contributed by atoms with E-state index in [2.05, 4.69) is 30.7 Å². The molecule has 4 heterocycles. The maximum absolute atomic E-state index is 13.9. The van der Waals surface area contributed by atoms with Gasteiger partial charge in [0.2, 0.25) is 10.0 Å². The van der Waals surface area contributed by atoms with E-state index in [1.54, 1.807) is 25.3 Å². The van der Waals surface area contributed by atoms with Crippen LogP contribution in [0.4, 0.5) is 4.39 Å². The van der Waals surface area contributed by atoms with Crippen LogP contribution < -0.4 is 4.72 Å². The molecule has 0 amide bonds. The third kappa shape index (κ3) is 3.93. The summed E-state index contributed by atoms with van der Waals surface area (Å²) >= 11 is 0. The van der Waals surface area contributed by atoms with Crippen LogP contribution in [-0.4, -0.2) is 38.5 Å². The van der Waals surface area contributed by atoms with Gasteiger partial charge in [-0.3, -0.25) is 14.5 Å². The topological polar surface area (TPSA) is 126 Å². The van der Waals surface area contributed by atoms with Gasteiger partial charge in [-0.25, -0.2) is 27.5 Å². The van der Waals surface area contributed by atoms with Gasteiger partial charge >= 0.3 is 0 Å². The summed E-state index contributed by atoms with van der Waals surface area (Å²) < 4.78 is 43.2. The Morgan fingerprint density at radius 1 is 1.09 bits per heavy atom. The molecule has 0 aliphatic heterocycles. The molecule has 0 radical (unpaired) electrons. The molecule has 0 saturated heterocycles. The van der Waals surface area contributed by atoms with Gasteiger partial charge in [0.15, 0.2) is 5.82 Å². The van der Waals surface area contributed by atoms with Gasteiger partial charge in [-0.1, -0.05) is 0 Å². The minimum absolute atomic E-state index is 0.0268. The van der Waals surface area contributed by atoms with E-state index < -0.39 is 21.4 Å². The fraction of sp³-hybridized carbons (Fsp3) is 0.190. The third-order valence-electron chi connectivity index (χ3n) is 4.40. The smallest absolute Gasteiger partial charge is 0.242 e. The molecule has 4 rings (SSSR count). The van der Waals surface area contributed by atoms with Crippen molar-refractivity contribution in [2.24, 2.45) is 0 Å². The summed E-state index contributed by atoms with van der Waals surface area (Å²) in [5.74, 6) is -0.250. The van der Waals surface area contributed by atoms with Crippen molar-refractivity contribution in [1.29, 1.82) is 5.26 Å². The normalized spacial score (nSPS) is 12.1. The van der Waals surface area contributed by atoms with Gasteiger partial charge in [0.1, 0.15) is 22.4 Å². The minimum atomic E-state index is -3.79. The second-order valence-corrected chi connectivity index (χ2v) is 9.68. The highest BCUT2D eigenvalue weighted by Crippen LogP contribution is 2.34. The molecule has 4 aromatic rings. The Morgan fingerprint density at radius 3 is 2.47 bits per heavy atom. The Hall–Kier alpha value is -3.75. The van der Waals surface area contributed by atoms with Crippen LogP contribution in [-0.2, 0) is 10.0 Å². The molecule has 4 aromatic heterocycles. The number of hydrogen-bond acceptors (Lipinski definition) is 7. The van der Waals surface area contributed by atoms with Gasteiger partial charge in [-0.15, -0.1) is 0 Å². The first-order chi connectivity index (χ1) is 15.1. The third-order valence-corrected chi connectivity index (χ3v) is 6.14. The minimum Gasteiger partial charge on any atom is -0.274 e. The molecule has 0 unspecified atom stereocenters. The summed E-state index contributed by atoms with van der Waals surface area (Å²) in [7, 11) is -3.79. The Bertz CT molecular complexity index is 1450. The number of halogens is 1. The summed E-state index contributed by atoms with van der Waals surface area (Å²) in [5, 5.41) is 10.1. The Balaban J connectivity index is 1.94. The number of hydrogen-bond donors (Lipinski definition) is 1. The van der Waals surface area contributed by atoms with E-state index in [0.717, 1.165) is 6.20 Å². The summed E-state index contributed by atoms with van der Waals surface area (Å²) in [5.41, 5.74) is 0.355. The molecule has 9 nitrogen and oxygen atoms in total. The van der Waals surface area contributed by atoms with Crippen molar-refractivity contribution in [2.75, 3.05) is 0 Å². The Labute approximate surface area is 183 Å². The van der Waals surface area contributed by atoms with Crippen LogP contribution in [0.25, 0.3) is 28.2 Å². The molecule has 0 aliphatic rings. The number of nitrogens with zero attached hydrogens (tertiary/aromatic N) is 6. The maximum atomic E-state index is 13.9. The number of sulfonamides is 1. The molecular formula is C21H18FN7O2S. The molecular weight excluding hydrogens is 433 g/mol. The van der Waals surface area contributed by atoms with Gasteiger partial charge in [0, 0.05) is 29.5 Å². The number of rotatable bonds is 4. The highest BCUT2D eigenvalue weighted by atomic mass is 32.2. The van der Waals surface area contributed by atoms with Crippen molar-refractivity contribution >= 4 is 21.1 Å². The van der Waals surface area contributed by atoms with Gasteiger partial charge in [-0.2, -0.15) is 5.26 Å². The Morgan fingerprint density at radius 2 is 1.88 bits per heavy atom. The zero-order valence-corrected chi connectivity index (χ0v) is 18.2. The van der Waals surface area contributed by atoms with Crippen LogP contribution >= 0.6 is 0 Å². The van der Waals surface area contributed by atoms with Crippen molar-refractivity contribution in [3.05, 3.63) is 60.6 Å². The van der Waals surface area contributed by atoms with Crippen LogP contribution in [0.5, 0.6) is 0 Å². The first-order valence-corrected chi connectivity index (χ1v) is 11.0. The molecule has 0 spiro atoms. The summed E-state index contributed by atoms with van der Waals surface area (Å²) in [4.78, 5) is 16.8. The van der Waals surface area contributed by atoms with E-state index in [4.69, 9.17) is 0 Å². The molecule has 0 bridgehead atoms.